The molecule has 1 rings (SSSR count). The van der Waals surface area contributed by atoms with E-state index < -0.39 is 0 Å². The van der Waals surface area contributed by atoms with E-state index in [0.717, 1.165) is 13.1 Å². The van der Waals surface area contributed by atoms with Gasteiger partial charge in [0.25, 0.3) is 0 Å². The molecular formula is C5H10ClN. The molecule has 0 saturated heterocycles. The van der Waals surface area contributed by atoms with Crippen molar-refractivity contribution in [3.05, 3.63) is 11.6 Å². The highest BCUT2D eigenvalue weighted by Gasteiger charge is 1.92. The van der Waals surface area contributed by atoms with Gasteiger partial charge in [-0.1, -0.05) is 11.6 Å². The van der Waals surface area contributed by atoms with Crippen molar-refractivity contribution >= 4 is 12.4 Å². The Bertz CT molecular complexity index is 78.1. The van der Waals surface area contributed by atoms with Crippen molar-refractivity contribution in [2.75, 3.05) is 13.1 Å². The summed E-state index contributed by atoms with van der Waals surface area (Å²) in [7, 11) is 0. The number of hydrogen-bond acceptors (Lipinski definition) is 1. The van der Waals surface area contributed by atoms with Gasteiger partial charge >= 0.3 is 0 Å². The molecule has 1 aliphatic heterocycles. The van der Waals surface area contributed by atoms with Crippen LogP contribution in [0.25, 0.3) is 0 Å². The molecule has 1 aliphatic rings. The Kier molecular flexibility index (Phi) is 3.05. The third kappa shape index (κ3) is 1.95. The van der Waals surface area contributed by atoms with Gasteiger partial charge in [-0.15, -0.1) is 12.4 Å². The van der Waals surface area contributed by atoms with E-state index in [-0.39, 0.29) is 12.4 Å². The van der Waals surface area contributed by atoms with Gasteiger partial charge < -0.3 is 5.32 Å². The van der Waals surface area contributed by atoms with Crippen LogP contribution in [0.1, 0.15) is 6.92 Å². The van der Waals surface area contributed by atoms with E-state index in [9.17, 15) is 0 Å². The summed E-state index contributed by atoms with van der Waals surface area (Å²) in [5.41, 5.74) is 1.47. The number of nitrogens with one attached hydrogen (secondary N) is 1. The van der Waals surface area contributed by atoms with Gasteiger partial charge in [0.05, 0.1) is 0 Å². The van der Waals surface area contributed by atoms with Gasteiger partial charge in [0.2, 0.25) is 0 Å². The molecule has 0 unspecified atom stereocenters. The van der Waals surface area contributed by atoms with Crippen LogP contribution in [-0.4, -0.2) is 13.1 Å². The van der Waals surface area contributed by atoms with Crippen molar-refractivity contribution in [3.63, 3.8) is 0 Å². The number of rotatable bonds is 0. The predicted octanol–water partition coefficient (Wildman–Crippen LogP) is 0.958. The molecule has 0 fully saturated rings. The van der Waals surface area contributed by atoms with Crippen molar-refractivity contribution in [1.29, 1.82) is 0 Å². The lowest BCUT2D eigenvalue weighted by atomic mass is 10.3. The quantitative estimate of drug-likeness (QED) is 0.469. The number of hydrogen-bond donors (Lipinski definition) is 1. The Morgan fingerprint density at radius 1 is 1.71 bits per heavy atom. The summed E-state index contributed by atoms with van der Waals surface area (Å²) < 4.78 is 0. The number of halogens is 1. The lowest BCUT2D eigenvalue weighted by Crippen LogP contribution is -2.06. The van der Waals surface area contributed by atoms with Gasteiger partial charge in [-0.05, 0) is 6.92 Å². The summed E-state index contributed by atoms with van der Waals surface area (Å²) in [4.78, 5) is 0. The Hall–Kier alpha value is -0.0100. The van der Waals surface area contributed by atoms with Crippen LogP contribution in [0.15, 0.2) is 11.6 Å². The van der Waals surface area contributed by atoms with E-state index in [4.69, 9.17) is 0 Å². The van der Waals surface area contributed by atoms with Gasteiger partial charge in [0, 0.05) is 13.1 Å². The first-order chi connectivity index (χ1) is 2.89. The Morgan fingerprint density at radius 3 is 2.57 bits per heavy atom. The summed E-state index contributed by atoms with van der Waals surface area (Å²) in [5.74, 6) is 0. The van der Waals surface area contributed by atoms with Crippen LogP contribution in [0.5, 0.6) is 0 Å². The van der Waals surface area contributed by atoms with E-state index in [0.29, 0.717) is 0 Å². The van der Waals surface area contributed by atoms with E-state index in [1.165, 1.54) is 5.57 Å². The second-order valence-corrected chi connectivity index (χ2v) is 1.68. The minimum absolute atomic E-state index is 0. The average Bonchev–Trinajstić information content (AvgIpc) is 1.86. The summed E-state index contributed by atoms with van der Waals surface area (Å²) in [6.07, 6.45) is 2.21. The Balaban J connectivity index is 0.000000360. The molecule has 7 heavy (non-hydrogen) atoms. The molecule has 0 amide bonds. The van der Waals surface area contributed by atoms with Crippen molar-refractivity contribution in [2.24, 2.45) is 0 Å². The van der Waals surface area contributed by atoms with Crippen LogP contribution in [0.2, 0.25) is 0 Å². The van der Waals surface area contributed by atoms with Crippen LogP contribution < -0.4 is 5.32 Å². The van der Waals surface area contributed by atoms with Crippen molar-refractivity contribution in [2.45, 2.75) is 6.92 Å². The normalized spacial score (nSPS) is 18.1. The van der Waals surface area contributed by atoms with E-state index in [1.807, 2.05) is 0 Å². The molecule has 0 spiro atoms. The Labute approximate surface area is 50.2 Å². The van der Waals surface area contributed by atoms with Crippen molar-refractivity contribution in [1.82, 2.24) is 5.32 Å². The smallest absolute Gasteiger partial charge is 0.0165 e. The highest BCUT2D eigenvalue weighted by Crippen LogP contribution is 1.92. The first kappa shape index (κ1) is 6.99. The van der Waals surface area contributed by atoms with Crippen LogP contribution in [0.3, 0.4) is 0 Å². The minimum atomic E-state index is 0. The fraction of sp³-hybridized carbons (Fsp3) is 0.600. The zero-order valence-corrected chi connectivity index (χ0v) is 5.22. The largest absolute Gasteiger partial charge is 0.310 e. The fourth-order valence-electron chi connectivity index (χ4n) is 0.588. The molecule has 1 N–H and O–H groups in total. The van der Waals surface area contributed by atoms with Crippen molar-refractivity contribution < 1.29 is 0 Å². The Morgan fingerprint density at radius 2 is 2.43 bits per heavy atom. The van der Waals surface area contributed by atoms with Gasteiger partial charge in [-0.2, -0.15) is 0 Å². The highest BCUT2D eigenvalue weighted by atomic mass is 35.5. The molecule has 1 heterocycles. The van der Waals surface area contributed by atoms with Gasteiger partial charge in [-0.25, -0.2) is 0 Å². The maximum atomic E-state index is 3.18. The molecule has 0 aliphatic carbocycles. The SMILES string of the molecule is CC1=CCNC1.Cl. The maximum absolute atomic E-state index is 3.18. The third-order valence-corrected chi connectivity index (χ3v) is 0.999. The molecule has 0 aromatic rings. The zero-order valence-electron chi connectivity index (χ0n) is 4.40. The predicted molar refractivity (Wildman–Crippen MR) is 33.9 cm³/mol. The van der Waals surface area contributed by atoms with E-state index >= 15 is 0 Å². The average molecular weight is 120 g/mol. The summed E-state index contributed by atoms with van der Waals surface area (Å²) >= 11 is 0. The molecule has 42 valence electrons. The summed E-state index contributed by atoms with van der Waals surface area (Å²) in [6, 6.07) is 0. The molecule has 0 aromatic carbocycles. The molecular weight excluding hydrogens is 110 g/mol. The van der Waals surface area contributed by atoms with E-state index in [2.05, 4.69) is 18.3 Å². The molecule has 2 heteroatoms. The first-order valence-corrected chi connectivity index (χ1v) is 2.26. The van der Waals surface area contributed by atoms with Gasteiger partial charge in [0.15, 0.2) is 0 Å². The fourth-order valence-corrected chi connectivity index (χ4v) is 0.588. The van der Waals surface area contributed by atoms with Crippen LogP contribution in [0, 0.1) is 0 Å². The van der Waals surface area contributed by atoms with E-state index in [1.54, 1.807) is 0 Å². The first-order valence-electron chi connectivity index (χ1n) is 2.26. The topological polar surface area (TPSA) is 12.0 Å². The molecule has 0 aromatic heterocycles. The molecule has 0 atom stereocenters. The van der Waals surface area contributed by atoms with Crippen LogP contribution in [0.4, 0.5) is 0 Å². The lowest BCUT2D eigenvalue weighted by Gasteiger charge is -1.83. The molecule has 0 bridgehead atoms. The molecule has 0 saturated carbocycles. The van der Waals surface area contributed by atoms with Crippen LogP contribution >= 0.6 is 12.4 Å². The van der Waals surface area contributed by atoms with Crippen LogP contribution in [-0.2, 0) is 0 Å². The minimum Gasteiger partial charge on any atom is -0.310 e. The highest BCUT2D eigenvalue weighted by molar-refractivity contribution is 5.85. The standard InChI is InChI=1S/C5H9N.ClH/c1-5-2-3-6-4-5;/h2,6H,3-4H2,1H3;1H. The summed E-state index contributed by atoms with van der Waals surface area (Å²) in [5, 5.41) is 3.18. The third-order valence-electron chi connectivity index (χ3n) is 0.999. The molecule has 1 nitrogen and oxygen atoms in total. The summed E-state index contributed by atoms with van der Waals surface area (Å²) in [6.45, 7) is 4.31. The lowest BCUT2D eigenvalue weighted by molar-refractivity contribution is 0.875. The van der Waals surface area contributed by atoms with Crippen molar-refractivity contribution in [3.8, 4) is 0 Å². The maximum Gasteiger partial charge on any atom is 0.0165 e. The van der Waals surface area contributed by atoms with Gasteiger partial charge in [-0.3, -0.25) is 0 Å². The molecule has 0 radical (unpaired) electrons. The zero-order chi connectivity index (χ0) is 4.41. The monoisotopic (exact) mass is 119 g/mol. The van der Waals surface area contributed by atoms with Gasteiger partial charge in [0.1, 0.15) is 0 Å². The second-order valence-electron chi connectivity index (χ2n) is 1.68. The second kappa shape index (κ2) is 3.05.